The van der Waals surface area contributed by atoms with Crippen LogP contribution in [-0.2, 0) is 9.59 Å². The predicted molar refractivity (Wildman–Crippen MR) is 41.5 cm³/mol. The summed E-state index contributed by atoms with van der Waals surface area (Å²) >= 11 is 0. The number of carboxylic acid groups (broad SMARTS) is 1. The van der Waals surface area contributed by atoms with Crippen molar-refractivity contribution in [2.75, 3.05) is 0 Å². The zero-order valence-electron chi connectivity index (χ0n) is 6.86. The topological polar surface area (TPSA) is 101 Å². The van der Waals surface area contributed by atoms with E-state index in [4.69, 9.17) is 15.9 Å². The summed E-state index contributed by atoms with van der Waals surface area (Å²) in [5.74, 6) is -1.51. The van der Waals surface area contributed by atoms with E-state index in [9.17, 15) is 9.59 Å². The summed E-state index contributed by atoms with van der Waals surface area (Å²) in [6.45, 7) is 1.34. The quantitative estimate of drug-likeness (QED) is 0.504. The van der Waals surface area contributed by atoms with Crippen molar-refractivity contribution in [2.24, 2.45) is 5.73 Å². The molecule has 2 atom stereocenters. The van der Waals surface area contributed by atoms with Gasteiger partial charge in [-0.15, -0.1) is 0 Å². The van der Waals surface area contributed by atoms with Crippen LogP contribution >= 0.6 is 0 Å². The van der Waals surface area contributed by atoms with Gasteiger partial charge in [-0.3, -0.25) is 9.59 Å². The van der Waals surface area contributed by atoms with E-state index in [0.717, 1.165) is 0 Å². The third kappa shape index (κ3) is 4.05. The van der Waals surface area contributed by atoms with Gasteiger partial charge >= 0.3 is 5.97 Å². The van der Waals surface area contributed by atoms with Gasteiger partial charge in [-0.2, -0.15) is 0 Å². The number of carbonyl (C=O) groups is 2. The number of nitrogens with two attached hydrogens (primary N) is 1. The molecular formula is C7H13NO4. The molecule has 0 amide bonds. The minimum Gasteiger partial charge on any atom is -0.480 e. The Kier molecular flexibility index (Phi) is 4.46. The molecule has 0 aliphatic heterocycles. The third-order valence-electron chi connectivity index (χ3n) is 1.48. The fraction of sp³-hybridized carbons (Fsp3) is 0.714. The van der Waals surface area contributed by atoms with E-state index in [0.29, 0.717) is 0 Å². The van der Waals surface area contributed by atoms with Crippen molar-refractivity contribution in [1.82, 2.24) is 0 Å². The predicted octanol–water partition coefficient (Wildman–Crippen LogP) is -0.872. The SMILES string of the molecule is CC(O)C(=O)CCC(N)C(=O)O. The van der Waals surface area contributed by atoms with Crippen LogP contribution in [-0.4, -0.2) is 34.1 Å². The van der Waals surface area contributed by atoms with Crippen LogP contribution in [0, 0.1) is 0 Å². The molecule has 0 bridgehead atoms. The first-order valence-electron chi connectivity index (χ1n) is 3.64. The van der Waals surface area contributed by atoms with Crippen molar-refractivity contribution < 1.29 is 19.8 Å². The molecule has 5 nitrogen and oxygen atoms in total. The van der Waals surface area contributed by atoms with Gasteiger partial charge < -0.3 is 15.9 Å². The van der Waals surface area contributed by atoms with Gasteiger partial charge in [0, 0.05) is 6.42 Å². The Labute approximate surface area is 70.2 Å². The highest BCUT2D eigenvalue weighted by atomic mass is 16.4. The average Bonchev–Trinajstić information content (AvgIpc) is 1.98. The molecule has 0 heterocycles. The van der Waals surface area contributed by atoms with Crippen molar-refractivity contribution in [1.29, 1.82) is 0 Å². The van der Waals surface area contributed by atoms with Gasteiger partial charge in [0.2, 0.25) is 0 Å². The second kappa shape index (κ2) is 4.84. The van der Waals surface area contributed by atoms with E-state index in [-0.39, 0.29) is 18.6 Å². The molecule has 0 rings (SSSR count). The number of rotatable bonds is 5. The monoisotopic (exact) mass is 175 g/mol. The van der Waals surface area contributed by atoms with Gasteiger partial charge in [-0.05, 0) is 13.3 Å². The number of carboxylic acids is 1. The zero-order chi connectivity index (χ0) is 9.72. The van der Waals surface area contributed by atoms with Gasteiger partial charge in [0.25, 0.3) is 0 Å². The Bertz CT molecular complexity index is 178. The van der Waals surface area contributed by atoms with Gasteiger partial charge in [0.15, 0.2) is 5.78 Å². The number of ketones is 1. The van der Waals surface area contributed by atoms with E-state index in [1.165, 1.54) is 6.92 Å². The Morgan fingerprint density at radius 3 is 2.33 bits per heavy atom. The molecule has 4 N–H and O–H groups in total. The maximum absolute atomic E-state index is 10.8. The standard InChI is InChI=1S/C7H13NO4/c1-4(9)6(10)3-2-5(8)7(11)12/h4-5,9H,2-3,8H2,1H3,(H,11,12). The van der Waals surface area contributed by atoms with Crippen LogP contribution in [0.2, 0.25) is 0 Å². The Morgan fingerprint density at radius 2 is 2.00 bits per heavy atom. The number of hydrogen-bond donors (Lipinski definition) is 3. The van der Waals surface area contributed by atoms with Gasteiger partial charge in [0.05, 0.1) is 0 Å². The molecule has 0 aliphatic carbocycles. The number of aliphatic hydroxyl groups excluding tert-OH is 1. The lowest BCUT2D eigenvalue weighted by Gasteiger charge is -2.06. The Balaban J connectivity index is 3.69. The molecule has 0 radical (unpaired) electrons. The summed E-state index contributed by atoms with van der Waals surface area (Å²) in [6, 6.07) is -1.02. The fourth-order valence-electron chi connectivity index (χ4n) is 0.630. The van der Waals surface area contributed by atoms with Crippen molar-refractivity contribution in [3.63, 3.8) is 0 Å². The van der Waals surface area contributed by atoms with Crippen molar-refractivity contribution in [2.45, 2.75) is 31.9 Å². The molecule has 0 aromatic heterocycles. The zero-order valence-corrected chi connectivity index (χ0v) is 6.86. The summed E-state index contributed by atoms with van der Waals surface area (Å²) < 4.78 is 0. The first kappa shape index (κ1) is 11.1. The molecule has 0 aromatic rings. The highest BCUT2D eigenvalue weighted by Crippen LogP contribution is 1.98. The smallest absolute Gasteiger partial charge is 0.320 e. The fourth-order valence-corrected chi connectivity index (χ4v) is 0.630. The van der Waals surface area contributed by atoms with Gasteiger partial charge in [-0.1, -0.05) is 0 Å². The van der Waals surface area contributed by atoms with E-state index >= 15 is 0 Å². The van der Waals surface area contributed by atoms with Crippen LogP contribution in [0.25, 0.3) is 0 Å². The molecule has 70 valence electrons. The Hall–Kier alpha value is -0.940. The van der Waals surface area contributed by atoms with E-state index < -0.39 is 18.1 Å². The van der Waals surface area contributed by atoms with Crippen LogP contribution in [0.15, 0.2) is 0 Å². The molecule has 0 aliphatic rings. The second-order valence-electron chi connectivity index (χ2n) is 2.63. The first-order chi connectivity index (χ1) is 5.45. The van der Waals surface area contributed by atoms with E-state index in [1.807, 2.05) is 0 Å². The molecule has 12 heavy (non-hydrogen) atoms. The lowest BCUT2D eigenvalue weighted by molar-refractivity contribution is -0.138. The summed E-state index contributed by atoms with van der Waals surface area (Å²) in [4.78, 5) is 21.0. The van der Waals surface area contributed by atoms with Gasteiger partial charge in [-0.25, -0.2) is 0 Å². The average molecular weight is 175 g/mol. The van der Waals surface area contributed by atoms with Crippen molar-refractivity contribution in [3.05, 3.63) is 0 Å². The first-order valence-corrected chi connectivity index (χ1v) is 3.64. The number of carbonyl (C=O) groups excluding carboxylic acids is 1. The largest absolute Gasteiger partial charge is 0.480 e. The maximum atomic E-state index is 10.8. The van der Waals surface area contributed by atoms with Crippen molar-refractivity contribution in [3.8, 4) is 0 Å². The molecule has 0 aromatic carbocycles. The van der Waals surface area contributed by atoms with Crippen LogP contribution in [0.5, 0.6) is 0 Å². The molecule has 0 saturated carbocycles. The molecule has 2 unspecified atom stereocenters. The number of hydrogen-bond acceptors (Lipinski definition) is 4. The molecular weight excluding hydrogens is 162 g/mol. The minimum atomic E-state index is -1.13. The second-order valence-corrected chi connectivity index (χ2v) is 2.63. The highest BCUT2D eigenvalue weighted by Gasteiger charge is 2.15. The number of aliphatic hydroxyl groups is 1. The Morgan fingerprint density at radius 1 is 1.50 bits per heavy atom. The molecule has 0 spiro atoms. The lowest BCUT2D eigenvalue weighted by atomic mass is 10.1. The summed E-state index contributed by atoms with van der Waals surface area (Å²) in [5, 5.41) is 17.1. The van der Waals surface area contributed by atoms with Crippen LogP contribution in [0.3, 0.4) is 0 Å². The van der Waals surface area contributed by atoms with Crippen LogP contribution in [0.4, 0.5) is 0 Å². The number of Topliss-reactive ketones (excluding diaryl/α,β-unsaturated/α-hetero) is 1. The van der Waals surface area contributed by atoms with Crippen molar-refractivity contribution >= 4 is 11.8 Å². The number of aliphatic carboxylic acids is 1. The van der Waals surface area contributed by atoms with E-state index in [1.54, 1.807) is 0 Å². The molecule has 0 saturated heterocycles. The molecule has 5 heteroatoms. The van der Waals surface area contributed by atoms with Crippen LogP contribution < -0.4 is 5.73 Å². The lowest BCUT2D eigenvalue weighted by Crippen LogP contribution is -2.31. The third-order valence-corrected chi connectivity index (χ3v) is 1.48. The summed E-state index contributed by atoms with van der Waals surface area (Å²) in [7, 11) is 0. The van der Waals surface area contributed by atoms with Crippen LogP contribution in [0.1, 0.15) is 19.8 Å². The summed E-state index contributed by atoms with van der Waals surface area (Å²) in [5.41, 5.74) is 5.13. The molecule has 0 fully saturated rings. The summed E-state index contributed by atoms with van der Waals surface area (Å²) in [6.07, 6.45) is -0.963. The maximum Gasteiger partial charge on any atom is 0.320 e. The van der Waals surface area contributed by atoms with Gasteiger partial charge in [0.1, 0.15) is 12.1 Å². The minimum absolute atomic E-state index is 0.00509. The normalized spacial score (nSPS) is 15.2. The highest BCUT2D eigenvalue weighted by molar-refractivity contribution is 5.83. The van der Waals surface area contributed by atoms with E-state index in [2.05, 4.69) is 0 Å².